The van der Waals surface area contributed by atoms with Crippen LogP contribution >= 0.6 is 22.9 Å². The third kappa shape index (κ3) is 4.24. The Labute approximate surface area is 154 Å². The number of carbonyl (C=O) groups is 1. The molecule has 3 rings (SSSR count). The fourth-order valence-electron chi connectivity index (χ4n) is 2.41. The molecule has 1 heterocycles. The summed E-state index contributed by atoms with van der Waals surface area (Å²) in [5.41, 5.74) is 2.29. The number of thiazole rings is 1. The minimum Gasteiger partial charge on any atom is -0.352 e. The zero-order valence-corrected chi connectivity index (χ0v) is 15.1. The Morgan fingerprint density at radius 2 is 1.92 bits per heavy atom. The summed E-state index contributed by atoms with van der Waals surface area (Å²) in [6.45, 7) is 2.44. The van der Waals surface area contributed by atoms with Crippen molar-refractivity contribution >= 4 is 28.8 Å². The average molecular weight is 375 g/mol. The molecule has 1 amide bonds. The van der Waals surface area contributed by atoms with Crippen molar-refractivity contribution in [1.82, 2.24) is 10.3 Å². The van der Waals surface area contributed by atoms with Gasteiger partial charge in [-0.15, -0.1) is 11.3 Å². The maximum Gasteiger partial charge on any atom is 0.252 e. The third-order valence-electron chi connectivity index (χ3n) is 3.74. The molecule has 3 aromatic rings. The van der Waals surface area contributed by atoms with Crippen molar-refractivity contribution in [2.75, 3.05) is 6.54 Å². The van der Waals surface area contributed by atoms with Crippen LogP contribution < -0.4 is 5.32 Å². The molecular formula is C19H16ClFN2OS. The molecule has 0 atom stereocenters. The molecule has 0 spiro atoms. The summed E-state index contributed by atoms with van der Waals surface area (Å²) >= 11 is 7.59. The minimum absolute atomic E-state index is 0.188. The third-order valence-corrected chi connectivity index (χ3v) is 5.34. The highest BCUT2D eigenvalue weighted by Crippen LogP contribution is 2.28. The molecule has 1 aromatic heterocycles. The second-order valence-electron chi connectivity index (χ2n) is 5.52. The molecule has 2 aromatic carbocycles. The van der Waals surface area contributed by atoms with E-state index in [-0.39, 0.29) is 11.7 Å². The summed E-state index contributed by atoms with van der Waals surface area (Å²) in [4.78, 5) is 17.8. The van der Waals surface area contributed by atoms with Gasteiger partial charge in [-0.25, -0.2) is 9.37 Å². The SMILES string of the molecule is Cc1nc(-c2ccc(F)cc2)sc1CCNC(=O)c1ccccc1Cl. The number of aryl methyl sites for hydroxylation is 1. The van der Waals surface area contributed by atoms with Gasteiger partial charge in [0, 0.05) is 23.4 Å². The van der Waals surface area contributed by atoms with E-state index >= 15 is 0 Å². The van der Waals surface area contributed by atoms with Crippen LogP contribution in [0.1, 0.15) is 20.9 Å². The second kappa shape index (κ2) is 7.76. The molecule has 0 saturated heterocycles. The van der Waals surface area contributed by atoms with E-state index in [1.807, 2.05) is 6.92 Å². The summed E-state index contributed by atoms with van der Waals surface area (Å²) < 4.78 is 13.0. The number of amides is 1. The molecule has 0 bridgehead atoms. The molecule has 0 aliphatic carbocycles. The Balaban J connectivity index is 1.63. The summed E-state index contributed by atoms with van der Waals surface area (Å²) in [5, 5.41) is 4.17. The first-order valence-electron chi connectivity index (χ1n) is 7.79. The normalized spacial score (nSPS) is 10.7. The molecular weight excluding hydrogens is 359 g/mol. The lowest BCUT2D eigenvalue weighted by Crippen LogP contribution is -2.25. The topological polar surface area (TPSA) is 42.0 Å². The molecule has 0 aliphatic rings. The van der Waals surface area contributed by atoms with Crippen molar-refractivity contribution in [3.05, 3.63) is 75.5 Å². The second-order valence-corrected chi connectivity index (χ2v) is 7.01. The van der Waals surface area contributed by atoms with E-state index in [2.05, 4.69) is 10.3 Å². The van der Waals surface area contributed by atoms with Gasteiger partial charge in [0.1, 0.15) is 10.8 Å². The largest absolute Gasteiger partial charge is 0.352 e. The number of halogens is 2. The van der Waals surface area contributed by atoms with Gasteiger partial charge in [0.2, 0.25) is 0 Å². The Morgan fingerprint density at radius 3 is 2.64 bits per heavy atom. The molecule has 128 valence electrons. The standard InChI is InChI=1S/C19H16ClFN2OS/c1-12-17(25-19(23-12)13-6-8-14(21)9-7-13)10-11-22-18(24)15-4-2-3-5-16(15)20/h2-9H,10-11H2,1H3,(H,22,24). The molecule has 0 saturated carbocycles. The van der Waals surface area contributed by atoms with Crippen molar-refractivity contribution in [1.29, 1.82) is 0 Å². The van der Waals surface area contributed by atoms with Gasteiger partial charge in [-0.05, 0) is 43.3 Å². The number of hydrogen-bond acceptors (Lipinski definition) is 3. The van der Waals surface area contributed by atoms with Gasteiger partial charge >= 0.3 is 0 Å². The highest BCUT2D eigenvalue weighted by Gasteiger charge is 2.12. The molecule has 1 N–H and O–H groups in total. The molecule has 0 aliphatic heterocycles. The van der Waals surface area contributed by atoms with Gasteiger partial charge in [-0.1, -0.05) is 23.7 Å². The molecule has 6 heteroatoms. The molecule has 3 nitrogen and oxygen atoms in total. The van der Waals surface area contributed by atoms with Crippen LogP contribution in [0.25, 0.3) is 10.6 Å². The van der Waals surface area contributed by atoms with Crippen molar-refractivity contribution in [2.24, 2.45) is 0 Å². The van der Waals surface area contributed by atoms with Crippen LogP contribution in [0.2, 0.25) is 5.02 Å². The summed E-state index contributed by atoms with van der Waals surface area (Å²) in [7, 11) is 0. The predicted octanol–water partition coefficient (Wildman–Crippen LogP) is 4.88. The number of benzene rings is 2. The number of aromatic nitrogens is 1. The Kier molecular flexibility index (Phi) is 5.46. The van der Waals surface area contributed by atoms with E-state index in [0.29, 0.717) is 23.6 Å². The van der Waals surface area contributed by atoms with Crippen molar-refractivity contribution in [2.45, 2.75) is 13.3 Å². The fraction of sp³-hybridized carbons (Fsp3) is 0.158. The highest BCUT2D eigenvalue weighted by atomic mass is 35.5. The fourth-order valence-corrected chi connectivity index (χ4v) is 3.69. The van der Waals surface area contributed by atoms with Crippen molar-refractivity contribution in [3.63, 3.8) is 0 Å². The van der Waals surface area contributed by atoms with E-state index < -0.39 is 0 Å². The van der Waals surface area contributed by atoms with E-state index in [9.17, 15) is 9.18 Å². The Morgan fingerprint density at radius 1 is 1.20 bits per heavy atom. The number of hydrogen-bond donors (Lipinski definition) is 1. The predicted molar refractivity (Wildman–Crippen MR) is 99.7 cm³/mol. The zero-order chi connectivity index (χ0) is 17.8. The summed E-state index contributed by atoms with van der Waals surface area (Å²) in [6.07, 6.45) is 0.681. The molecule has 0 radical (unpaired) electrons. The lowest BCUT2D eigenvalue weighted by Gasteiger charge is -2.06. The van der Waals surface area contributed by atoms with Gasteiger partial charge < -0.3 is 5.32 Å². The number of rotatable bonds is 5. The Hall–Kier alpha value is -2.24. The maximum absolute atomic E-state index is 13.0. The number of nitrogens with zero attached hydrogens (tertiary/aromatic N) is 1. The van der Waals surface area contributed by atoms with Crippen LogP contribution in [0, 0.1) is 12.7 Å². The van der Waals surface area contributed by atoms with E-state index in [1.165, 1.54) is 12.1 Å². The van der Waals surface area contributed by atoms with Crippen LogP contribution in [0.15, 0.2) is 48.5 Å². The van der Waals surface area contributed by atoms with Crippen LogP contribution in [-0.4, -0.2) is 17.4 Å². The quantitative estimate of drug-likeness (QED) is 0.691. The van der Waals surface area contributed by atoms with Gasteiger partial charge in [-0.3, -0.25) is 4.79 Å². The van der Waals surface area contributed by atoms with Crippen molar-refractivity contribution < 1.29 is 9.18 Å². The van der Waals surface area contributed by atoms with Crippen molar-refractivity contribution in [3.8, 4) is 10.6 Å². The van der Waals surface area contributed by atoms with Crippen LogP contribution in [0.3, 0.4) is 0 Å². The van der Waals surface area contributed by atoms with Crippen LogP contribution in [0.4, 0.5) is 4.39 Å². The van der Waals surface area contributed by atoms with E-state index in [1.54, 1.807) is 47.7 Å². The van der Waals surface area contributed by atoms with Gasteiger partial charge in [0.05, 0.1) is 16.3 Å². The smallest absolute Gasteiger partial charge is 0.252 e. The first-order valence-corrected chi connectivity index (χ1v) is 8.99. The lowest BCUT2D eigenvalue weighted by atomic mass is 10.2. The Bertz CT molecular complexity index is 893. The van der Waals surface area contributed by atoms with Crippen LogP contribution in [-0.2, 0) is 6.42 Å². The number of nitrogens with one attached hydrogen (secondary N) is 1. The summed E-state index contributed by atoms with van der Waals surface area (Å²) in [6, 6.07) is 13.2. The maximum atomic E-state index is 13.0. The first-order chi connectivity index (χ1) is 12.0. The summed E-state index contributed by atoms with van der Waals surface area (Å²) in [5.74, 6) is -0.453. The van der Waals surface area contributed by atoms with E-state index in [4.69, 9.17) is 11.6 Å². The number of carbonyl (C=O) groups excluding carboxylic acids is 1. The van der Waals surface area contributed by atoms with Crippen LogP contribution in [0.5, 0.6) is 0 Å². The first kappa shape index (κ1) is 17.6. The van der Waals surface area contributed by atoms with Gasteiger partial charge in [-0.2, -0.15) is 0 Å². The molecule has 25 heavy (non-hydrogen) atoms. The monoisotopic (exact) mass is 374 g/mol. The van der Waals surface area contributed by atoms with Gasteiger partial charge in [0.25, 0.3) is 5.91 Å². The zero-order valence-electron chi connectivity index (χ0n) is 13.6. The molecule has 0 unspecified atom stereocenters. The highest BCUT2D eigenvalue weighted by molar-refractivity contribution is 7.15. The minimum atomic E-state index is -0.264. The van der Waals surface area contributed by atoms with E-state index in [0.717, 1.165) is 21.1 Å². The van der Waals surface area contributed by atoms with Gasteiger partial charge in [0.15, 0.2) is 0 Å². The lowest BCUT2D eigenvalue weighted by molar-refractivity contribution is 0.0954. The average Bonchev–Trinajstić information content (AvgIpc) is 2.97. The molecule has 0 fully saturated rings.